The molecule has 0 atom stereocenters. The molecule has 8 N–H and O–H groups in total. The molecule has 0 aliphatic carbocycles. The number of anilines is 4. The van der Waals surface area contributed by atoms with Crippen molar-refractivity contribution in [1.82, 2.24) is 0 Å². The van der Waals surface area contributed by atoms with Crippen LogP contribution in [0.25, 0.3) is 0 Å². The Hall–Kier alpha value is -2.56. The summed E-state index contributed by atoms with van der Waals surface area (Å²) in [6.45, 7) is 3.76. The van der Waals surface area contributed by atoms with Crippen molar-refractivity contribution in [1.29, 1.82) is 0 Å². The van der Waals surface area contributed by atoms with Gasteiger partial charge in [-0.3, -0.25) is 0 Å². The summed E-state index contributed by atoms with van der Waals surface area (Å²) in [5.41, 5.74) is 27.4. The van der Waals surface area contributed by atoms with E-state index < -0.39 is 0 Å². The lowest BCUT2D eigenvalue weighted by Gasteiger charge is -2.16. The smallest absolute Gasteiger partial charge is 0.173 e. The summed E-state index contributed by atoms with van der Waals surface area (Å²) < 4.78 is 5.76. The number of nitrogens with two attached hydrogens (primary N) is 4. The maximum Gasteiger partial charge on any atom is 0.173 e. The van der Waals surface area contributed by atoms with E-state index in [1.54, 1.807) is 12.1 Å². The van der Waals surface area contributed by atoms with Crippen molar-refractivity contribution < 1.29 is 4.74 Å². The fraction of sp³-hybridized carbons (Fsp3) is 0.143. The van der Waals surface area contributed by atoms with E-state index in [0.717, 1.165) is 11.1 Å². The van der Waals surface area contributed by atoms with Gasteiger partial charge in [0.15, 0.2) is 11.5 Å². The third-order valence-electron chi connectivity index (χ3n) is 3.09. The SMILES string of the molecule is Cc1ccc(N)c(Oc2c(N)ccc(C)c2N)c1N. The van der Waals surface area contributed by atoms with E-state index in [1.165, 1.54) is 0 Å². The molecule has 0 bridgehead atoms. The van der Waals surface area contributed by atoms with Crippen LogP contribution in [0.3, 0.4) is 0 Å². The first-order valence-corrected chi connectivity index (χ1v) is 5.88. The van der Waals surface area contributed by atoms with Crippen LogP contribution in [0.2, 0.25) is 0 Å². The normalized spacial score (nSPS) is 10.4. The molecule has 0 saturated carbocycles. The molecule has 2 aromatic rings. The molecule has 5 nitrogen and oxygen atoms in total. The van der Waals surface area contributed by atoms with Crippen molar-refractivity contribution in [3.05, 3.63) is 35.4 Å². The Kier molecular flexibility index (Phi) is 3.12. The zero-order valence-corrected chi connectivity index (χ0v) is 11.0. The van der Waals surface area contributed by atoms with Crippen molar-refractivity contribution in [3.8, 4) is 11.5 Å². The van der Waals surface area contributed by atoms with Crippen LogP contribution in [0.5, 0.6) is 11.5 Å². The van der Waals surface area contributed by atoms with Crippen LogP contribution in [0.1, 0.15) is 11.1 Å². The van der Waals surface area contributed by atoms with E-state index in [1.807, 2.05) is 26.0 Å². The molecule has 0 saturated heterocycles. The molecule has 0 amide bonds. The molecular formula is C14H18N4O. The topological polar surface area (TPSA) is 113 Å². The average Bonchev–Trinajstić information content (AvgIpc) is 2.38. The van der Waals surface area contributed by atoms with E-state index >= 15 is 0 Å². The van der Waals surface area contributed by atoms with Crippen molar-refractivity contribution in [2.24, 2.45) is 0 Å². The summed E-state index contributed by atoms with van der Waals surface area (Å²) in [4.78, 5) is 0. The van der Waals surface area contributed by atoms with Gasteiger partial charge in [0.05, 0.1) is 22.7 Å². The highest BCUT2D eigenvalue weighted by molar-refractivity contribution is 5.76. The molecule has 19 heavy (non-hydrogen) atoms. The summed E-state index contributed by atoms with van der Waals surface area (Å²) >= 11 is 0. The van der Waals surface area contributed by atoms with Crippen molar-refractivity contribution in [2.45, 2.75) is 13.8 Å². The molecule has 0 aliphatic rings. The molecule has 0 aromatic heterocycles. The summed E-state index contributed by atoms with van der Waals surface area (Å²) in [5, 5.41) is 0. The molecule has 100 valence electrons. The predicted octanol–water partition coefficient (Wildman–Crippen LogP) is 2.42. The molecule has 5 heteroatoms. The van der Waals surface area contributed by atoms with Crippen molar-refractivity contribution in [3.63, 3.8) is 0 Å². The monoisotopic (exact) mass is 258 g/mol. The first-order chi connectivity index (χ1) is 8.91. The minimum Gasteiger partial charge on any atom is -0.449 e. The lowest BCUT2D eigenvalue weighted by Crippen LogP contribution is -2.03. The Labute approximate surface area is 112 Å². The fourth-order valence-corrected chi connectivity index (χ4v) is 1.76. The molecule has 0 heterocycles. The molecule has 0 spiro atoms. The molecule has 0 radical (unpaired) electrons. The van der Waals surface area contributed by atoms with Gasteiger partial charge >= 0.3 is 0 Å². The van der Waals surface area contributed by atoms with Crippen LogP contribution in [-0.2, 0) is 0 Å². The number of hydrogen-bond acceptors (Lipinski definition) is 5. The van der Waals surface area contributed by atoms with E-state index in [4.69, 9.17) is 27.7 Å². The minimum atomic E-state index is 0.393. The van der Waals surface area contributed by atoms with Gasteiger partial charge in [-0.1, -0.05) is 12.1 Å². The zero-order valence-electron chi connectivity index (χ0n) is 11.0. The van der Waals surface area contributed by atoms with Gasteiger partial charge in [0.2, 0.25) is 0 Å². The Bertz CT molecular complexity index is 582. The van der Waals surface area contributed by atoms with Crippen molar-refractivity contribution >= 4 is 22.7 Å². The van der Waals surface area contributed by atoms with Gasteiger partial charge < -0.3 is 27.7 Å². The number of nitrogen functional groups attached to an aromatic ring is 4. The third kappa shape index (κ3) is 2.22. The van der Waals surface area contributed by atoms with Gasteiger partial charge in [-0.05, 0) is 37.1 Å². The predicted molar refractivity (Wildman–Crippen MR) is 80.1 cm³/mol. The van der Waals surface area contributed by atoms with E-state index in [2.05, 4.69) is 0 Å². The number of aryl methyl sites for hydroxylation is 2. The number of ether oxygens (including phenoxy) is 1. The number of hydrogen-bond donors (Lipinski definition) is 4. The number of rotatable bonds is 2. The molecule has 0 fully saturated rings. The highest BCUT2D eigenvalue weighted by Crippen LogP contribution is 2.41. The lowest BCUT2D eigenvalue weighted by molar-refractivity contribution is 0.491. The Morgan fingerprint density at radius 2 is 1.05 bits per heavy atom. The van der Waals surface area contributed by atoms with Crippen LogP contribution >= 0.6 is 0 Å². The summed E-state index contributed by atoms with van der Waals surface area (Å²) in [6, 6.07) is 7.15. The van der Waals surface area contributed by atoms with Gasteiger partial charge in [-0.2, -0.15) is 0 Å². The van der Waals surface area contributed by atoms with Crippen LogP contribution in [0, 0.1) is 13.8 Å². The highest BCUT2D eigenvalue weighted by atomic mass is 16.5. The maximum atomic E-state index is 5.98. The average molecular weight is 258 g/mol. The van der Waals surface area contributed by atoms with Gasteiger partial charge in [-0.15, -0.1) is 0 Å². The largest absolute Gasteiger partial charge is 0.449 e. The molecule has 2 aromatic carbocycles. The second kappa shape index (κ2) is 4.61. The summed E-state index contributed by atoms with van der Waals surface area (Å²) in [7, 11) is 0. The first kappa shape index (κ1) is 12.9. The highest BCUT2D eigenvalue weighted by Gasteiger charge is 2.14. The zero-order chi connectivity index (χ0) is 14.2. The van der Waals surface area contributed by atoms with Crippen LogP contribution in [0.15, 0.2) is 24.3 Å². The second-order valence-corrected chi connectivity index (χ2v) is 4.53. The molecular weight excluding hydrogens is 240 g/mol. The second-order valence-electron chi connectivity index (χ2n) is 4.53. The molecule has 2 rings (SSSR count). The standard InChI is InChI=1S/C14H18N4O/c1-7-3-5-9(15)13(11(7)17)19-14-10(16)6-4-8(2)12(14)18/h3-6H,15-18H2,1-2H3. The third-order valence-corrected chi connectivity index (χ3v) is 3.09. The minimum absolute atomic E-state index is 0.393. The molecule has 0 unspecified atom stereocenters. The quantitative estimate of drug-likeness (QED) is 0.618. The van der Waals surface area contributed by atoms with Crippen LogP contribution in [-0.4, -0.2) is 0 Å². The lowest BCUT2D eigenvalue weighted by atomic mass is 10.1. The van der Waals surface area contributed by atoms with Crippen molar-refractivity contribution in [2.75, 3.05) is 22.9 Å². The van der Waals surface area contributed by atoms with Gasteiger partial charge in [0.1, 0.15) is 0 Å². The molecule has 0 aliphatic heterocycles. The van der Waals surface area contributed by atoms with Gasteiger partial charge in [0, 0.05) is 0 Å². The summed E-state index contributed by atoms with van der Waals surface area (Å²) in [6.07, 6.45) is 0. The van der Waals surface area contributed by atoms with Gasteiger partial charge in [-0.25, -0.2) is 0 Å². The first-order valence-electron chi connectivity index (χ1n) is 5.88. The summed E-state index contributed by atoms with van der Waals surface area (Å²) in [5.74, 6) is 0.785. The van der Waals surface area contributed by atoms with E-state index in [0.29, 0.717) is 34.2 Å². The number of benzene rings is 2. The van der Waals surface area contributed by atoms with Crippen LogP contribution in [0.4, 0.5) is 22.7 Å². The van der Waals surface area contributed by atoms with Crippen LogP contribution < -0.4 is 27.7 Å². The van der Waals surface area contributed by atoms with Gasteiger partial charge in [0.25, 0.3) is 0 Å². The van der Waals surface area contributed by atoms with E-state index in [9.17, 15) is 0 Å². The fourth-order valence-electron chi connectivity index (χ4n) is 1.76. The Morgan fingerprint density at radius 1 is 0.684 bits per heavy atom. The Morgan fingerprint density at radius 3 is 1.42 bits per heavy atom. The maximum absolute atomic E-state index is 5.98. The Balaban J connectivity index is 2.54. The van der Waals surface area contributed by atoms with E-state index in [-0.39, 0.29) is 0 Å².